The second-order valence-electron chi connectivity index (χ2n) is 7.27. The van der Waals surface area contributed by atoms with Crippen LogP contribution < -0.4 is 5.32 Å². The molecule has 1 N–H and O–H groups in total. The van der Waals surface area contributed by atoms with Gasteiger partial charge >= 0.3 is 12.4 Å². The monoisotopic (exact) mass is 472 g/mol. The van der Waals surface area contributed by atoms with Crippen LogP contribution in [-0.4, -0.2) is 21.0 Å². The van der Waals surface area contributed by atoms with Crippen molar-refractivity contribution in [3.05, 3.63) is 70.9 Å². The highest BCUT2D eigenvalue weighted by atomic mass is 32.2. The van der Waals surface area contributed by atoms with Gasteiger partial charge in [-0.2, -0.15) is 26.3 Å². The molecule has 168 valence electrons. The Bertz CT molecular complexity index is 1220. The molecule has 1 fully saturated rings. The maximum absolute atomic E-state index is 13.5. The van der Waals surface area contributed by atoms with Crippen LogP contribution >= 0.6 is 11.8 Å². The predicted octanol–water partition coefficient (Wildman–Crippen LogP) is 5.62. The summed E-state index contributed by atoms with van der Waals surface area (Å²) in [4.78, 5) is 23.3. The van der Waals surface area contributed by atoms with E-state index in [4.69, 9.17) is 0 Å². The van der Waals surface area contributed by atoms with Crippen molar-refractivity contribution < 1.29 is 35.9 Å². The van der Waals surface area contributed by atoms with Gasteiger partial charge in [0.05, 0.1) is 11.1 Å². The first-order valence-electron chi connectivity index (χ1n) is 9.30. The minimum atomic E-state index is -4.95. The normalized spacial score (nSPS) is 17.2. The van der Waals surface area contributed by atoms with E-state index < -0.39 is 34.8 Å². The summed E-state index contributed by atoms with van der Waals surface area (Å²) in [7, 11) is 0. The molecule has 2 heterocycles. The van der Waals surface area contributed by atoms with Gasteiger partial charge in [0.2, 0.25) is 5.12 Å². The quantitative estimate of drug-likeness (QED) is 0.502. The van der Waals surface area contributed by atoms with Gasteiger partial charge in [-0.1, -0.05) is 18.2 Å². The van der Waals surface area contributed by atoms with Crippen LogP contribution in [0.2, 0.25) is 0 Å². The first-order chi connectivity index (χ1) is 14.9. The molecule has 32 heavy (non-hydrogen) atoms. The lowest BCUT2D eigenvalue weighted by atomic mass is 10.0. The summed E-state index contributed by atoms with van der Waals surface area (Å²) in [6.45, 7) is -0.297. The van der Waals surface area contributed by atoms with Gasteiger partial charge in [0.25, 0.3) is 5.24 Å². The zero-order valence-corrected chi connectivity index (χ0v) is 16.9. The standard InChI is InChI=1S/C21H14F6N2O2S/c22-20(23,24)13-5-4-12(15(9-13)21(25,26)27)10-29-7-6-14-11(2-1-3-17(14)29)8-16-18(30)32-19(31)28-16/h1-7,9,16H,8,10H2,(H,28,31). The minimum absolute atomic E-state index is 0.124. The Morgan fingerprint density at radius 3 is 2.31 bits per heavy atom. The Kier molecular flexibility index (Phi) is 5.48. The zero-order chi connectivity index (χ0) is 23.3. The number of nitrogens with zero attached hydrogens (tertiary/aromatic N) is 1. The first-order valence-corrected chi connectivity index (χ1v) is 10.1. The SMILES string of the molecule is O=C1NC(Cc2cccc3c2ccn3Cc2ccc(C(F)(F)F)cc2C(F)(F)F)C(=O)S1. The van der Waals surface area contributed by atoms with Gasteiger partial charge in [-0.05, 0) is 35.4 Å². The van der Waals surface area contributed by atoms with Crippen LogP contribution in [0.15, 0.2) is 48.7 Å². The number of thioether (sulfide) groups is 1. The third kappa shape index (κ3) is 4.34. The molecule has 1 aromatic heterocycles. The molecule has 1 unspecified atom stereocenters. The molecule has 4 nitrogen and oxygen atoms in total. The van der Waals surface area contributed by atoms with E-state index in [0.717, 1.165) is 6.07 Å². The molecule has 1 aliphatic rings. The van der Waals surface area contributed by atoms with E-state index in [0.29, 0.717) is 34.3 Å². The lowest BCUT2D eigenvalue weighted by molar-refractivity contribution is -0.143. The van der Waals surface area contributed by atoms with Crippen LogP contribution in [0.4, 0.5) is 31.1 Å². The molecular weight excluding hydrogens is 458 g/mol. The van der Waals surface area contributed by atoms with Crippen LogP contribution in [0, 0.1) is 0 Å². The number of hydrogen-bond acceptors (Lipinski definition) is 3. The van der Waals surface area contributed by atoms with E-state index in [1.807, 2.05) is 0 Å². The fourth-order valence-electron chi connectivity index (χ4n) is 3.69. The molecule has 0 radical (unpaired) electrons. The summed E-state index contributed by atoms with van der Waals surface area (Å²) >= 11 is 0.586. The smallest absolute Gasteiger partial charge is 0.343 e. The highest BCUT2D eigenvalue weighted by molar-refractivity contribution is 8.26. The van der Waals surface area contributed by atoms with Crippen molar-refractivity contribution in [2.45, 2.75) is 31.4 Å². The Labute approximate surface area is 181 Å². The molecule has 1 amide bonds. The highest BCUT2D eigenvalue weighted by Crippen LogP contribution is 2.38. The average molecular weight is 472 g/mol. The van der Waals surface area contributed by atoms with Crippen molar-refractivity contribution in [1.29, 1.82) is 0 Å². The van der Waals surface area contributed by atoms with Gasteiger partial charge in [-0.15, -0.1) is 0 Å². The lowest BCUT2D eigenvalue weighted by Gasteiger charge is -2.17. The van der Waals surface area contributed by atoms with Crippen molar-refractivity contribution >= 4 is 33.0 Å². The Morgan fingerprint density at radius 2 is 1.69 bits per heavy atom. The van der Waals surface area contributed by atoms with Crippen LogP contribution in [0.5, 0.6) is 0 Å². The molecular formula is C21H14F6N2O2S. The Morgan fingerprint density at radius 1 is 0.938 bits per heavy atom. The molecule has 0 saturated carbocycles. The maximum atomic E-state index is 13.5. The van der Waals surface area contributed by atoms with Crippen molar-refractivity contribution in [2.75, 3.05) is 0 Å². The largest absolute Gasteiger partial charge is 0.416 e. The van der Waals surface area contributed by atoms with E-state index in [1.165, 1.54) is 10.8 Å². The first kappa shape index (κ1) is 22.3. The van der Waals surface area contributed by atoms with Crippen molar-refractivity contribution in [3.8, 4) is 0 Å². The van der Waals surface area contributed by atoms with Crippen LogP contribution in [0.1, 0.15) is 22.3 Å². The summed E-state index contributed by atoms with van der Waals surface area (Å²) in [5.41, 5.74) is -1.75. The predicted molar refractivity (Wildman–Crippen MR) is 106 cm³/mol. The number of hydrogen-bond donors (Lipinski definition) is 1. The zero-order valence-electron chi connectivity index (χ0n) is 16.1. The van der Waals surface area contributed by atoms with Crippen molar-refractivity contribution in [1.82, 2.24) is 9.88 Å². The number of rotatable bonds is 4. The summed E-state index contributed by atoms with van der Waals surface area (Å²) in [5, 5.41) is 2.48. The molecule has 11 heteroatoms. The Hall–Kier alpha value is -2.95. The molecule has 4 rings (SSSR count). The van der Waals surface area contributed by atoms with Gasteiger partial charge in [0.1, 0.15) is 6.04 Å². The number of amides is 1. The highest BCUT2D eigenvalue weighted by Gasteiger charge is 2.38. The molecule has 1 atom stereocenters. The second kappa shape index (κ2) is 7.88. The molecule has 2 aromatic carbocycles. The molecule has 0 bridgehead atoms. The summed E-state index contributed by atoms with van der Waals surface area (Å²) in [6, 6.07) is 7.63. The third-order valence-electron chi connectivity index (χ3n) is 5.18. The number of aromatic nitrogens is 1. The Balaban J connectivity index is 1.69. The van der Waals surface area contributed by atoms with Gasteiger partial charge in [0, 0.05) is 41.8 Å². The fourth-order valence-corrected chi connectivity index (χ4v) is 4.36. The van der Waals surface area contributed by atoms with E-state index in [1.54, 1.807) is 24.3 Å². The van der Waals surface area contributed by atoms with E-state index in [9.17, 15) is 35.9 Å². The topological polar surface area (TPSA) is 51.1 Å². The minimum Gasteiger partial charge on any atom is -0.343 e. The lowest BCUT2D eigenvalue weighted by Crippen LogP contribution is -2.30. The van der Waals surface area contributed by atoms with E-state index in [2.05, 4.69) is 5.32 Å². The number of alkyl halides is 6. The van der Waals surface area contributed by atoms with Gasteiger partial charge in [-0.25, -0.2) is 0 Å². The number of carbonyl (C=O) groups is 2. The molecule has 0 spiro atoms. The number of benzene rings is 2. The molecule has 1 aliphatic heterocycles. The molecule has 0 aliphatic carbocycles. The van der Waals surface area contributed by atoms with Crippen LogP contribution in [-0.2, 0) is 30.1 Å². The number of halogens is 6. The van der Waals surface area contributed by atoms with Crippen molar-refractivity contribution in [3.63, 3.8) is 0 Å². The van der Waals surface area contributed by atoms with Crippen LogP contribution in [0.25, 0.3) is 10.9 Å². The van der Waals surface area contributed by atoms with E-state index >= 15 is 0 Å². The number of carbonyl (C=O) groups excluding carboxylic acids is 2. The average Bonchev–Trinajstić information content (AvgIpc) is 3.23. The van der Waals surface area contributed by atoms with Crippen molar-refractivity contribution in [2.24, 2.45) is 0 Å². The summed E-state index contributed by atoms with van der Waals surface area (Å²) in [5.74, 6) is 0. The van der Waals surface area contributed by atoms with Gasteiger partial charge in [0.15, 0.2) is 0 Å². The van der Waals surface area contributed by atoms with E-state index in [-0.39, 0.29) is 29.7 Å². The van der Waals surface area contributed by atoms with Gasteiger partial charge < -0.3 is 9.88 Å². The summed E-state index contributed by atoms with van der Waals surface area (Å²) < 4.78 is 80.7. The second-order valence-corrected chi connectivity index (χ2v) is 8.25. The summed E-state index contributed by atoms with van der Waals surface area (Å²) in [6.07, 6.45) is -8.09. The molecule has 1 saturated heterocycles. The van der Waals surface area contributed by atoms with Crippen LogP contribution in [0.3, 0.4) is 0 Å². The third-order valence-corrected chi connectivity index (χ3v) is 5.97. The number of nitrogens with one attached hydrogen (secondary N) is 1. The fraction of sp³-hybridized carbons (Fsp3) is 0.238. The molecule has 3 aromatic rings. The maximum Gasteiger partial charge on any atom is 0.416 e. The van der Waals surface area contributed by atoms with Gasteiger partial charge in [-0.3, -0.25) is 9.59 Å². The number of fused-ring (bicyclic) bond motifs is 1.